The molecule has 1 N–H and O–H groups in total. The Morgan fingerprint density at radius 1 is 1.38 bits per heavy atom. The van der Waals surface area contributed by atoms with Crippen LogP contribution in [0.15, 0.2) is 18.2 Å². The van der Waals surface area contributed by atoms with E-state index in [2.05, 4.69) is 5.32 Å². The summed E-state index contributed by atoms with van der Waals surface area (Å²) in [5.41, 5.74) is 1.04. The smallest absolute Gasteiger partial charge is 0.378 e. The van der Waals surface area contributed by atoms with Gasteiger partial charge in [-0.25, -0.2) is 4.39 Å². The van der Waals surface area contributed by atoms with E-state index in [0.29, 0.717) is 26.8 Å². The van der Waals surface area contributed by atoms with Crippen molar-refractivity contribution in [1.82, 2.24) is 4.90 Å². The first-order valence-electron chi connectivity index (χ1n) is 7.60. The van der Waals surface area contributed by atoms with Gasteiger partial charge < -0.3 is 10.2 Å². The molecule has 8 heteroatoms. The molecule has 1 aliphatic heterocycles. The Kier molecular flexibility index (Phi) is 5.27. The van der Waals surface area contributed by atoms with Crippen LogP contribution >= 0.6 is 33.9 Å². The molecule has 0 bridgehead atoms. The lowest BCUT2D eigenvalue weighted by Gasteiger charge is -2.33. The van der Waals surface area contributed by atoms with E-state index in [-0.39, 0.29) is 6.04 Å². The quantitative estimate of drug-likeness (QED) is 0.496. The highest BCUT2D eigenvalue weighted by atomic mass is 127. The summed E-state index contributed by atoms with van der Waals surface area (Å²) in [6.45, 7) is 1.17. The highest BCUT2D eigenvalue weighted by Crippen LogP contribution is 2.40. The summed E-state index contributed by atoms with van der Waals surface area (Å²) < 4.78 is 54.1. The van der Waals surface area contributed by atoms with E-state index in [9.17, 15) is 17.6 Å². The summed E-state index contributed by atoms with van der Waals surface area (Å²) >= 11 is 3.29. The molecule has 1 saturated heterocycles. The average molecular weight is 472 g/mol. The lowest BCUT2D eigenvalue weighted by Crippen LogP contribution is -2.46. The molecule has 24 heavy (non-hydrogen) atoms. The molecule has 0 saturated carbocycles. The number of thiophene rings is 1. The second-order valence-corrected chi connectivity index (χ2v) is 8.98. The van der Waals surface area contributed by atoms with Crippen molar-refractivity contribution in [1.29, 1.82) is 0 Å². The van der Waals surface area contributed by atoms with Crippen LogP contribution in [-0.4, -0.2) is 43.4 Å². The van der Waals surface area contributed by atoms with E-state index >= 15 is 0 Å². The van der Waals surface area contributed by atoms with Crippen LogP contribution < -0.4 is 5.32 Å². The first-order chi connectivity index (χ1) is 11.2. The molecule has 2 atom stereocenters. The maximum atomic E-state index is 14.2. The number of anilines is 1. The van der Waals surface area contributed by atoms with Crippen LogP contribution in [0.1, 0.15) is 12.0 Å². The minimum Gasteiger partial charge on any atom is -0.378 e. The van der Waals surface area contributed by atoms with Crippen molar-refractivity contribution in [3.63, 3.8) is 0 Å². The SMILES string of the molecule is CN1CC[C@@H](Nc2cccc3c(CC(F)(F)F)c(I)sc23)C(F)C1. The lowest BCUT2D eigenvalue weighted by atomic mass is 10.0. The van der Waals surface area contributed by atoms with Gasteiger partial charge in [-0.15, -0.1) is 11.3 Å². The van der Waals surface area contributed by atoms with Gasteiger partial charge in [0.2, 0.25) is 0 Å². The Labute approximate surface area is 155 Å². The molecule has 1 fully saturated rings. The second kappa shape index (κ2) is 6.95. The van der Waals surface area contributed by atoms with Gasteiger partial charge in [0, 0.05) is 13.1 Å². The predicted molar refractivity (Wildman–Crippen MR) is 98.7 cm³/mol. The standard InChI is InChI=1S/C16H17F4IN2S/c1-23-6-5-12(11(17)8-23)22-13-4-2-3-9-10(7-16(18,19)20)15(21)24-14(9)13/h2-4,11-12,22H,5-8H2,1H3/t11?,12-/m1/s1. The van der Waals surface area contributed by atoms with Crippen molar-refractivity contribution in [2.24, 2.45) is 0 Å². The minimum atomic E-state index is -4.24. The normalized spacial score (nSPS) is 22.9. The van der Waals surface area contributed by atoms with Gasteiger partial charge in [0.05, 0.1) is 25.7 Å². The number of hydrogen-bond donors (Lipinski definition) is 1. The van der Waals surface area contributed by atoms with Gasteiger partial charge in [0.25, 0.3) is 0 Å². The number of likely N-dealkylation sites (tertiary alicyclic amines) is 1. The van der Waals surface area contributed by atoms with Crippen molar-refractivity contribution in [3.8, 4) is 0 Å². The monoisotopic (exact) mass is 472 g/mol. The minimum absolute atomic E-state index is 0.308. The maximum Gasteiger partial charge on any atom is 0.393 e. The number of nitrogens with zero attached hydrogens (tertiary/aromatic N) is 1. The average Bonchev–Trinajstić information content (AvgIpc) is 2.78. The summed E-state index contributed by atoms with van der Waals surface area (Å²) in [5, 5.41) is 3.83. The fourth-order valence-corrected chi connectivity index (χ4v) is 5.20. The molecule has 2 heterocycles. The van der Waals surface area contributed by atoms with Gasteiger partial charge >= 0.3 is 6.18 Å². The molecule has 132 valence electrons. The van der Waals surface area contributed by atoms with E-state index in [0.717, 1.165) is 16.9 Å². The van der Waals surface area contributed by atoms with Crippen molar-refractivity contribution in [2.45, 2.75) is 31.2 Å². The summed E-state index contributed by atoms with van der Waals surface area (Å²) in [6.07, 6.45) is -5.50. The molecule has 1 aromatic heterocycles. The van der Waals surface area contributed by atoms with E-state index in [1.807, 2.05) is 40.6 Å². The van der Waals surface area contributed by atoms with Crippen molar-refractivity contribution >= 4 is 49.7 Å². The Balaban J connectivity index is 1.91. The van der Waals surface area contributed by atoms with Crippen molar-refractivity contribution < 1.29 is 17.6 Å². The lowest BCUT2D eigenvalue weighted by molar-refractivity contribution is -0.127. The molecule has 1 unspecified atom stereocenters. The van der Waals surface area contributed by atoms with Crippen LogP contribution in [0.4, 0.5) is 23.2 Å². The summed E-state index contributed by atoms with van der Waals surface area (Å²) in [7, 11) is 1.88. The molecular weight excluding hydrogens is 455 g/mol. The van der Waals surface area contributed by atoms with Gasteiger partial charge in [-0.3, -0.25) is 0 Å². The molecule has 1 aliphatic rings. The van der Waals surface area contributed by atoms with Crippen molar-refractivity contribution in [2.75, 3.05) is 25.5 Å². The van der Waals surface area contributed by atoms with E-state index in [4.69, 9.17) is 0 Å². The van der Waals surface area contributed by atoms with Crippen LogP contribution in [0.2, 0.25) is 0 Å². The number of fused-ring (bicyclic) bond motifs is 1. The molecule has 1 aromatic carbocycles. The van der Waals surface area contributed by atoms with E-state index in [1.165, 1.54) is 11.3 Å². The molecular formula is C16H17F4IN2S. The molecule has 2 aromatic rings. The molecule has 0 spiro atoms. The first kappa shape index (κ1) is 18.2. The molecule has 3 rings (SSSR count). The number of rotatable bonds is 3. The van der Waals surface area contributed by atoms with Crippen molar-refractivity contribution in [3.05, 3.63) is 26.6 Å². The second-order valence-electron chi connectivity index (χ2n) is 6.15. The van der Waals surface area contributed by atoms with Crippen LogP contribution in [0, 0.1) is 2.88 Å². The topological polar surface area (TPSA) is 15.3 Å². The van der Waals surface area contributed by atoms with Gasteiger partial charge in [0.15, 0.2) is 0 Å². The number of benzene rings is 1. The Bertz CT molecular complexity index is 731. The van der Waals surface area contributed by atoms with Gasteiger partial charge in [-0.1, -0.05) is 12.1 Å². The van der Waals surface area contributed by atoms with Crippen LogP contribution in [0.25, 0.3) is 10.1 Å². The Morgan fingerprint density at radius 2 is 2.12 bits per heavy atom. The zero-order chi connectivity index (χ0) is 17.5. The Morgan fingerprint density at radius 3 is 2.79 bits per heavy atom. The fraction of sp³-hybridized carbons (Fsp3) is 0.500. The molecule has 0 aliphatic carbocycles. The predicted octanol–water partition coefficient (Wildman–Crippen LogP) is 5.06. The van der Waals surface area contributed by atoms with E-state index in [1.54, 1.807) is 12.1 Å². The number of halogens is 5. The third kappa shape index (κ3) is 3.96. The summed E-state index contributed by atoms with van der Waals surface area (Å²) in [4.78, 5) is 1.94. The third-order valence-electron chi connectivity index (χ3n) is 4.23. The van der Waals surface area contributed by atoms with Crippen LogP contribution in [-0.2, 0) is 6.42 Å². The molecule has 2 nitrogen and oxygen atoms in total. The highest BCUT2D eigenvalue weighted by molar-refractivity contribution is 14.1. The van der Waals surface area contributed by atoms with Gasteiger partial charge in [-0.05, 0) is 53.1 Å². The number of alkyl halides is 4. The number of hydrogen-bond acceptors (Lipinski definition) is 3. The molecule has 0 amide bonds. The molecule has 0 radical (unpaired) electrons. The zero-order valence-electron chi connectivity index (χ0n) is 13.0. The van der Waals surface area contributed by atoms with Gasteiger partial charge in [0.1, 0.15) is 6.17 Å². The maximum absolute atomic E-state index is 14.2. The van der Waals surface area contributed by atoms with E-state index < -0.39 is 18.8 Å². The van der Waals surface area contributed by atoms with Gasteiger partial charge in [-0.2, -0.15) is 13.2 Å². The summed E-state index contributed by atoms with van der Waals surface area (Å²) in [5.74, 6) is 0. The number of nitrogens with one attached hydrogen (secondary N) is 1. The zero-order valence-corrected chi connectivity index (χ0v) is 15.9. The first-order valence-corrected chi connectivity index (χ1v) is 9.50. The number of piperidine rings is 1. The van der Waals surface area contributed by atoms with Crippen LogP contribution in [0.3, 0.4) is 0 Å². The largest absolute Gasteiger partial charge is 0.393 e. The van der Waals surface area contributed by atoms with Crippen LogP contribution in [0.5, 0.6) is 0 Å². The summed E-state index contributed by atoms with van der Waals surface area (Å²) in [6, 6.07) is 4.95. The fourth-order valence-electron chi connectivity index (χ4n) is 3.04. The third-order valence-corrected chi connectivity index (χ3v) is 6.61. The Hall–Kier alpha value is -0.610. The highest BCUT2D eigenvalue weighted by Gasteiger charge is 2.32.